The number of piperidine rings is 1. The highest BCUT2D eigenvalue weighted by Crippen LogP contribution is 2.32. The quantitative estimate of drug-likeness (QED) is 0.868. The number of rotatable bonds is 5. The van der Waals surface area contributed by atoms with Crippen LogP contribution < -0.4 is 10.6 Å². The number of ether oxygens (including phenoxy) is 1. The zero-order chi connectivity index (χ0) is 16.9. The van der Waals surface area contributed by atoms with Gasteiger partial charge in [-0.2, -0.15) is 0 Å². The lowest BCUT2D eigenvalue weighted by molar-refractivity contribution is 0.0416. The number of hydrogen-bond donors (Lipinski definition) is 2. The van der Waals surface area contributed by atoms with E-state index >= 15 is 0 Å². The van der Waals surface area contributed by atoms with Crippen molar-refractivity contribution in [1.29, 1.82) is 0 Å². The molecule has 24 heavy (non-hydrogen) atoms. The van der Waals surface area contributed by atoms with Crippen LogP contribution in [0.3, 0.4) is 0 Å². The average molecular weight is 335 g/mol. The van der Waals surface area contributed by atoms with Gasteiger partial charge in [-0.25, -0.2) is 9.18 Å². The predicted molar refractivity (Wildman–Crippen MR) is 90.5 cm³/mol. The Morgan fingerprint density at radius 3 is 2.88 bits per heavy atom. The molecule has 2 N–H and O–H groups in total. The lowest BCUT2D eigenvalue weighted by atomic mass is 10.1. The molecule has 3 rings (SSSR count). The third-order valence-electron chi connectivity index (χ3n) is 5.10. The van der Waals surface area contributed by atoms with Gasteiger partial charge in [0.1, 0.15) is 5.82 Å². The van der Waals surface area contributed by atoms with Gasteiger partial charge in [-0.05, 0) is 42.9 Å². The van der Waals surface area contributed by atoms with E-state index in [0.29, 0.717) is 19.1 Å². The molecule has 1 aromatic rings. The van der Waals surface area contributed by atoms with Crippen molar-refractivity contribution in [2.45, 2.75) is 37.8 Å². The lowest BCUT2D eigenvalue weighted by Gasteiger charge is -2.31. The summed E-state index contributed by atoms with van der Waals surface area (Å²) < 4.78 is 19.1. The molecule has 6 heteroatoms. The molecular weight excluding hydrogens is 309 g/mol. The molecule has 2 amide bonds. The Balaban J connectivity index is 1.39. The molecule has 132 valence electrons. The highest BCUT2D eigenvalue weighted by molar-refractivity contribution is 5.74. The van der Waals surface area contributed by atoms with Gasteiger partial charge in [-0.3, -0.25) is 0 Å². The van der Waals surface area contributed by atoms with E-state index in [4.69, 9.17) is 4.74 Å². The number of nitrogens with zero attached hydrogens (tertiary/aromatic N) is 1. The second-order valence-corrected chi connectivity index (χ2v) is 6.58. The fourth-order valence-corrected chi connectivity index (χ4v) is 3.67. The Morgan fingerprint density at radius 2 is 2.12 bits per heavy atom. The summed E-state index contributed by atoms with van der Waals surface area (Å²) in [5, 5.41) is 5.87. The Kier molecular flexibility index (Phi) is 5.68. The highest BCUT2D eigenvalue weighted by Gasteiger charge is 2.26. The number of fused-ring (bicyclic) bond motifs is 1. The Hall–Kier alpha value is -1.66. The van der Waals surface area contributed by atoms with Crippen molar-refractivity contribution in [2.75, 3.05) is 33.3 Å². The minimum Gasteiger partial charge on any atom is -0.381 e. The van der Waals surface area contributed by atoms with Crippen molar-refractivity contribution in [3.8, 4) is 0 Å². The van der Waals surface area contributed by atoms with Crippen LogP contribution in [-0.4, -0.2) is 50.3 Å². The minimum absolute atomic E-state index is 0.0897. The van der Waals surface area contributed by atoms with E-state index in [1.54, 1.807) is 13.2 Å². The number of benzene rings is 1. The van der Waals surface area contributed by atoms with Crippen LogP contribution in [0.2, 0.25) is 0 Å². The lowest BCUT2D eigenvalue weighted by Crippen LogP contribution is -2.44. The third-order valence-corrected chi connectivity index (χ3v) is 5.10. The van der Waals surface area contributed by atoms with Gasteiger partial charge < -0.3 is 20.3 Å². The molecule has 2 aliphatic rings. The van der Waals surface area contributed by atoms with Crippen LogP contribution in [0, 0.1) is 5.82 Å². The summed E-state index contributed by atoms with van der Waals surface area (Å²) >= 11 is 0. The van der Waals surface area contributed by atoms with E-state index < -0.39 is 0 Å². The van der Waals surface area contributed by atoms with Crippen LogP contribution in [0.5, 0.6) is 0 Å². The smallest absolute Gasteiger partial charge is 0.315 e. The van der Waals surface area contributed by atoms with Gasteiger partial charge in [-0.1, -0.05) is 12.1 Å². The summed E-state index contributed by atoms with van der Waals surface area (Å²) in [7, 11) is 1.76. The van der Waals surface area contributed by atoms with Crippen molar-refractivity contribution in [3.63, 3.8) is 0 Å². The zero-order valence-corrected chi connectivity index (χ0v) is 14.2. The van der Waals surface area contributed by atoms with Gasteiger partial charge in [0.05, 0.1) is 12.1 Å². The minimum atomic E-state index is -0.177. The summed E-state index contributed by atoms with van der Waals surface area (Å²) in [6.07, 6.45) is 3.91. The van der Waals surface area contributed by atoms with E-state index in [2.05, 4.69) is 15.5 Å². The molecule has 5 nitrogen and oxygen atoms in total. The number of carbonyl (C=O) groups is 1. The van der Waals surface area contributed by atoms with Crippen molar-refractivity contribution in [1.82, 2.24) is 15.5 Å². The largest absolute Gasteiger partial charge is 0.381 e. The van der Waals surface area contributed by atoms with Gasteiger partial charge in [0.2, 0.25) is 0 Å². The molecule has 1 atom stereocenters. The molecular formula is C18H26FN3O2. The van der Waals surface area contributed by atoms with Gasteiger partial charge in [0.25, 0.3) is 0 Å². The van der Waals surface area contributed by atoms with Crippen LogP contribution in [0.25, 0.3) is 0 Å². The van der Waals surface area contributed by atoms with Crippen LogP contribution >= 0.6 is 0 Å². The Morgan fingerprint density at radius 1 is 1.33 bits per heavy atom. The summed E-state index contributed by atoms with van der Waals surface area (Å²) in [6.45, 7) is 3.49. The van der Waals surface area contributed by atoms with Gasteiger partial charge in [0, 0.05) is 33.3 Å². The van der Waals surface area contributed by atoms with Gasteiger partial charge >= 0.3 is 6.03 Å². The van der Waals surface area contributed by atoms with Crippen molar-refractivity contribution < 1.29 is 13.9 Å². The normalized spacial score (nSPS) is 21.5. The van der Waals surface area contributed by atoms with Crippen LogP contribution in [0.4, 0.5) is 9.18 Å². The van der Waals surface area contributed by atoms with Crippen molar-refractivity contribution in [2.24, 2.45) is 0 Å². The first-order chi connectivity index (χ1) is 11.7. The maximum absolute atomic E-state index is 13.7. The molecule has 1 fully saturated rings. The van der Waals surface area contributed by atoms with E-state index in [1.807, 2.05) is 6.07 Å². The molecule has 1 aliphatic carbocycles. The molecule has 1 aromatic carbocycles. The molecule has 0 unspecified atom stereocenters. The van der Waals surface area contributed by atoms with Gasteiger partial charge in [0.15, 0.2) is 0 Å². The number of likely N-dealkylation sites (tertiary alicyclic amines) is 1. The summed E-state index contributed by atoms with van der Waals surface area (Å²) in [6, 6.07) is 4.82. The molecule has 1 heterocycles. The fourth-order valence-electron chi connectivity index (χ4n) is 3.67. The highest BCUT2D eigenvalue weighted by atomic mass is 19.1. The number of urea groups is 1. The van der Waals surface area contributed by atoms with Crippen LogP contribution in [0.1, 0.15) is 36.4 Å². The van der Waals surface area contributed by atoms with Gasteiger partial charge in [-0.15, -0.1) is 0 Å². The molecule has 0 radical (unpaired) electrons. The number of nitrogens with one attached hydrogen (secondary N) is 2. The van der Waals surface area contributed by atoms with E-state index in [-0.39, 0.29) is 17.9 Å². The molecule has 0 bridgehead atoms. The molecule has 0 spiro atoms. The first-order valence-corrected chi connectivity index (χ1v) is 8.74. The molecule has 0 aromatic heterocycles. The number of methoxy groups -OCH3 is 1. The number of carbonyl (C=O) groups excluding carboxylic acids is 1. The number of halogens is 1. The zero-order valence-electron chi connectivity index (χ0n) is 14.2. The van der Waals surface area contributed by atoms with Crippen LogP contribution in [-0.2, 0) is 11.2 Å². The molecule has 1 saturated heterocycles. The average Bonchev–Trinajstić information content (AvgIpc) is 3.00. The molecule has 1 aliphatic heterocycles. The standard InChI is InChI=1S/C18H26FN3O2/c1-24-13-7-10-22(11-8-13)12-9-20-18(23)21-17-6-5-14-15(17)3-2-4-16(14)19/h2-4,13,17H,5-12H2,1H3,(H2,20,21,23)/t17-/m0/s1. The second-order valence-electron chi connectivity index (χ2n) is 6.58. The van der Waals surface area contributed by atoms with E-state index in [0.717, 1.165) is 50.0 Å². The van der Waals surface area contributed by atoms with Crippen LogP contribution in [0.15, 0.2) is 18.2 Å². The number of hydrogen-bond acceptors (Lipinski definition) is 3. The summed E-state index contributed by atoms with van der Waals surface area (Å²) in [5.41, 5.74) is 1.65. The maximum Gasteiger partial charge on any atom is 0.315 e. The Labute approximate surface area is 142 Å². The first-order valence-electron chi connectivity index (χ1n) is 8.74. The first kappa shape index (κ1) is 17.2. The SMILES string of the molecule is COC1CCN(CCNC(=O)N[C@H]2CCc3c(F)cccc32)CC1. The van der Waals surface area contributed by atoms with Crippen molar-refractivity contribution in [3.05, 3.63) is 35.1 Å². The monoisotopic (exact) mass is 335 g/mol. The number of amides is 2. The summed E-state index contributed by atoms with van der Waals surface area (Å²) in [5.74, 6) is -0.170. The fraction of sp³-hybridized carbons (Fsp3) is 0.611. The van der Waals surface area contributed by atoms with E-state index in [9.17, 15) is 9.18 Å². The van der Waals surface area contributed by atoms with E-state index in [1.165, 1.54) is 6.07 Å². The maximum atomic E-state index is 13.7. The topological polar surface area (TPSA) is 53.6 Å². The van der Waals surface area contributed by atoms with Crippen molar-refractivity contribution >= 4 is 6.03 Å². The predicted octanol–water partition coefficient (Wildman–Crippen LogP) is 2.22. The second kappa shape index (κ2) is 7.94. The summed E-state index contributed by atoms with van der Waals surface area (Å²) in [4.78, 5) is 14.4. The molecule has 0 saturated carbocycles. The third kappa shape index (κ3) is 4.05. The Bertz CT molecular complexity index is 573.